The summed E-state index contributed by atoms with van der Waals surface area (Å²) in [4.78, 5) is 0. The molecule has 0 aromatic heterocycles. The summed E-state index contributed by atoms with van der Waals surface area (Å²) in [6.07, 6.45) is 10.0. The van der Waals surface area contributed by atoms with Crippen molar-refractivity contribution in [3.63, 3.8) is 0 Å². The van der Waals surface area contributed by atoms with Crippen LogP contribution in [0.25, 0.3) is 54.6 Å². The Bertz CT molecular complexity index is 2040. The average molecular weight is 781 g/mol. The minimum atomic E-state index is 0. The minimum Gasteiger partial charge on any atom is -0.273 e. The molecule has 1 aliphatic carbocycles. The van der Waals surface area contributed by atoms with Gasteiger partial charge < -0.3 is 0 Å². The number of fused-ring (bicyclic) bond motifs is 5. The van der Waals surface area contributed by atoms with Crippen LogP contribution in [0.5, 0.6) is 0 Å². The van der Waals surface area contributed by atoms with Crippen LogP contribution in [0.15, 0.2) is 206 Å². The third kappa shape index (κ3) is 12.3. The van der Waals surface area contributed by atoms with Gasteiger partial charge in [0, 0.05) is 0 Å². The van der Waals surface area contributed by atoms with E-state index in [-0.39, 0.29) is 24.8 Å². The zero-order valence-corrected chi connectivity index (χ0v) is 32.8. The van der Waals surface area contributed by atoms with E-state index in [1.165, 1.54) is 78.8 Å². The van der Waals surface area contributed by atoms with Gasteiger partial charge >= 0.3 is 34.9 Å². The molecular weight excluding hydrogens is 739 g/mol. The first-order chi connectivity index (χ1) is 24.3. The Morgan fingerprint density at radius 1 is 0.490 bits per heavy atom. The molecule has 1 aliphatic rings. The van der Waals surface area contributed by atoms with Crippen LogP contribution in [0.1, 0.15) is 13.3 Å². The zero-order chi connectivity index (χ0) is 33.9. The van der Waals surface area contributed by atoms with Crippen molar-refractivity contribution in [2.24, 2.45) is 0 Å². The molecule has 0 atom stereocenters. The Balaban J connectivity index is 0.000000186. The van der Waals surface area contributed by atoms with E-state index in [0.29, 0.717) is 0 Å². The van der Waals surface area contributed by atoms with Crippen molar-refractivity contribution in [1.82, 2.24) is 0 Å². The molecule has 0 aliphatic heterocycles. The standard InChI is InChI=1S/C17H11.2C12H10.C5H5.C2H4.2ClH.Zr/c1-3-7-14-12(5-1)9-10-16-15-8-4-2-6-13(15)11-17(14)16;2*1-3-7-11(8-4-1)12-9-5-2-6-10-12;1-2-4-5-3-1;1-2;;;/h1-11H;2*1-10H;1-3H,4H2;1H,2H3;2*1H;/q-1;;;-1;;;;+2. The van der Waals surface area contributed by atoms with Gasteiger partial charge in [-0.05, 0) is 22.3 Å². The van der Waals surface area contributed by atoms with Gasteiger partial charge in [-0.2, -0.15) is 6.08 Å². The fraction of sp³-hybridized carbons (Fsp3) is 0.0417. The SMILES string of the molecule is C[CH]=[Zr+2].Cl.Cl.[C-]1=CC=CC1.c1ccc(-c2ccccc2)cc1.c1ccc(-c2ccccc2)cc1.c1ccc2c(c1)ccc1c3ccccc3[cH-]c21. The smallest absolute Gasteiger partial charge is 0.0184 e. The predicted molar refractivity (Wildman–Crippen MR) is 226 cm³/mol. The van der Waals surface area contributed by atoms with E-state index in [1.54, 1.807) is 0 Å². The molecule has 0 saturated heterocycles. The van der Waals surface area contributed by atoms with Crippen LogP contribution in [-0.2, 0) is 24.2 Å². The maximum absolute atomic E-state index is 2.99. The summed E-state index contributed by atoms with van der Waals surface area (Å²) in [5.74, 6) is 0. The van der Waals surface area contributed by atoms with Gasteiger partial charge in [-0.15, -0.1) is 64.9 Å². The van der Waals surface area contributed by atoms with Crippen molar-refractivity contribution in [3.8, 4) is 22.3 Å². The van der Waals surface area contributed by atoms with Crippen molar-refractivity contribution < 1.29 is 24.2 Å². The van der Waals surface area contributed by atoms with E-state index < -0.39 is 0 Å². The molecule has 0 heterocycles. The van der Waals surface area contributed by atoms with Gasteiger partial charge in [0.05, 0.1) is 0 Å². The number of halogens is 2. The van der Waals surface area contributed by atoms with Crippen LogP contribution in [0.3, 0.4) is 0 Å². The Labute approximate surface area is 330 Å². The zero-order valence-electron chi connectivity index (χ0n) is 28.7. The van der Waals surface area contributed by atoms with E-state index in [4.69, 9.17) is 0 Å². The molecule has 3 heteroatoms. The third-order valence-electron chi connectivity index (χ3n) is 7.87. The number of hydrogen-bond acceptors (Lipinski definition) is 0. The van der Waals surface area contributed by atoms with Gasteiger partial charge in [0.15, 0.2) is 0 Å². The molecule has 0 N–H and O–H groups in total. The van der Waals surface area contributed by atoms with Crippen LogP contribution in [0, 0.1) is 6.08 Å². The van der Waals surface area contributed by atoms with Gasteiger partial charge in [0.2, 0.25) is 0 Å². The van der Waals surface area contributed by atoms with Gasteiger partial charge in [-0.25, -0.2) is 12.2 Å². The molecule has 8 aromatic carbocycles. The molecule has 252 valence electrons. The summed E-state index contributed by atoms with van der Waals surface area (Å²) >= 11 is 1.51. The largest absolute Gasteiger partial charge is 0.273 e. The predicted octanol–water partition coefficient (Wildman–Crippen LogP) is 14.1. The topological polar surface area (TPSA) is 0 Å². The normalized spacial score (nSPS) is 10.4. The van der Waals surface area contributed by atoms with E-state index in [0.717, 1.165) is 6.42 Å². The van der Waals surface area contributed by atoms with Crippen LogP contribution in [0.4, 0.5) is 0 Å². The van der Waals surface area contributed by atoms with Crippen LogP contribution >= 0.6 is 24.8 Å². The van der Waals surface area contributed by atoms with Crippen LogP contribution in [-0.4, -0.2) is 3.71 Å². The third-order valence-corrected chi connectivity index (χ3v) is 7.87. The summed E-state index contributed by atoms with van der Waals surface area (Å²) in [5, 5.41) is 8.08. The molecule has 0 spiro atoms. The molecule has 9 rings (SSSR count). The Morgan fingerprint density at radius 2 is 0.902 bits per heavy atom. The summed E-state index contributed by atoms with van der Waals surface area (Å²) in [5.41, 5.74) is 5.10. The fourth-order valence-corrected chi connectivity index (χ4v) is 5.57. The van der Waals surface area contributed by atoms with Crippen molar-refractivity contribution >= 4 is 60.8 Å². The van der Waals surface area contributed by atoms with Gasteiger partial charge in [-0.1, -0.05) is 187 Å². The molecule has 0 radical (unpaired) electrons. The van der Waals surface area contributed by atoms with Crippen molar-refractivity contribution in [1.29, 1.82) is 0 Å². The summed E-state index contributed by atoms with van der Waals surface area (Å²) < 4.78 is 2.09. The van der Waals surface area contributed by atoms with Crippen LogP contribution < -0.4 is 0 Å². The summed E-state index contributed by atoms with van der Waals surface area (Å²) in [7, 11) is 0. The molecule has 0 unspecified atom stereocenters. The van der Waals surface area contributed by atoms with Crippen LogP contribution in [0.2, 0.25) is 0 Å². The van der Waals surface area contributed by atoms with Crippen molar-refractivity contribution in [2.45, 2.75) is 13.3 Å². The number of allylic oxidation sites excluding steroid dienone is 4. The first-order valence-corrected chi connectivity index (χ1v) is 18.0. The van der Waals surface area contributed by atoms with Crippen molar-refractivity contribution in [2.75, 3.05) is 0 Å². The summed E-state index contributed by atoms with van der Waals surface area (Å²) in [6.45, 7) is 2.04. The van der Waals surface area contributed by atoms with E-state index >= 15 is 0 Å². The van der Waals surface area contributed by atoms with Gasteiger partial charge in [-0.3, -0.25) is 6.08 Å². The Kier molecular flexibility index (Phi) is 18.5. The van der Waals surface area contributed by atoms with E-state index in [1.807, 2.05) is 43.3 Å². The molecule has 8 aromatic rings. The van der Waals surface area contributed by atoms with Crippen molar-refractivity contribution in [3.05, 3.63) is 212 Å². The Morgan fingerprint density at radius 3 is 1.31 bits per heavy atom. The fourth-order valence-electron chi connectivity index (χ4n) is 5.57. The molecule has 0 amide bonds. The average Bonchev–Trinajstić information content (AvgIpc) is 3.90. The molecule has 0 saturated carbocycles. The molecule has 0 fully saturated rings. The second-order valence-electron chi connectivity index (χ2n) is 11.2. The monoisotopic (exact) mass is 778 g/mol. The maximum Gasteiger partial charge on any atom is -0.0184 e. The molecular formula is C48H42Cl2Zr. The number of rotatable bonds is 2. The molecule has 0 bridgehead atoms. The summed E-state index contributed by atoms with van der Waals surface area (Å²) in [6, 6.07) is 65.5. The molecule has 51 heavy (non-hydrogen) atoms. The molecule has 0 nitrogen and oxygen atoms in total. The number of hydrogen-bond donors (Lipinski definition) is 0. The maximum atomic E-state index is 2.99. The second-order valence-corrected chi connectivity index (χ2v) is 12.7. The quantitative estimate of drug-likeness (QED) is 0.153. The van der Waals surface area contributed by atoms with Gasteiger partial charge in [0.25, 0.3) is 0 Å². The minimum absolute atomic E-state index is 0. The first-order valence-electron chi connectivity index (χ1n) is 16.6. The second kappa shape index (κ2) is 23.1. The van der Waals surface area contributed by atoms with Gasteiger partial charge in [0.1, 0.15) is 0 Å². The first kappa shape index (κ1) is 40.9. The van der Waals surface area contributed by atoms with E-state index in [2.05, 4.69) is 180 Å². The number of benzene rings is 7. The Hall–Kier alpha value is -4.52. The van der Waals surface area contributed by atoms with E-state index in [9.17, 15) is 0 Å².